The van der Waals surface area contributed by atoms with Gasteiger partial charge in [0.25, 0.3) is 0 Å². The molecule has 0 aromatic heterocycles. The molecule has 1 unspecified atom stereocenters. The van der Waals surface area contributed by atoms with Crippen molar-refractivity contribution in [1.29, 1.82) is 0 Å². The van der Waals surface area contributed by atoms with E-state index in [9.17, 15) is 9.59 Å². The number of hydrogen-bond donors (Lipinski definition) is 2. The van der Waals surface area contributed by atoms with E-state index in [1.54, 1.807) is 25.1 Å². The first-order valence-electron chi connectivity index (χ1n) is 5.12. The van der Waals surface area contributed by atoms with Crippen LogP contribution in [0, 0.1) is 0 Å². The topological polar surface area (TPSA) is 70.6 Å². The van der Waals surface area contributed by atoms with Gasteiger partial charge in [0.05, 0.1) is 6.04 Å². The Morgan fingerprint density at radius 3 is 2.33 bits per heavy atom. The Morgan fingerprint density at radius 1 is 1.17 bits per heavy atom. The van der Waals surface area contributed by atoms with Crippen molar-refractivity contribution in [3.63, 3.8) is 0 Å². The maximum atomic E-state index is 11.0. The van der Waals surface area contributed by atoms with Gasteiger partial charge in [0.15, 0.2) is 0 Å². The van der Waals surface area contributed by atoms with E-state index in [1.807, 2.05) is 0 Å². The number of amides is 2. The Morgan fingerprint density at radius 2 is 1.78 bits per heavy atom. The van der Waals surface area contributed by atoms with Crippen LogP contribution < -0.4 is 10.6 Å². The van der Waals surface area contributed by atoms with Gasteiger partial charge in [0, 0.05) is 10.0 Å². The van der Waals surface area contributed by atoms with Crippen molar-refractivity contribution in [3.8, 4) is 0 Å². The number of benzene rings is 1. The maximum Gasteiger partial charge on any atom is 0.316 e. The van der Waals surface area contributed by atoms with E-state index in [1.165, 1.54) is 0 Å². The Balaban J connectivity index is 2.22. The molecular formula is C11H9Cl2N3O2. The summed E-state index contributed by atoms with van der Waals surface area (Å²) in [5, 5.41) is 5.65. The van der Waals surface area contributed by atoms with Gasteiger partial charge in [-0.25, -0.2) is 4.99 Å². The second kappa shape index (κ2) is 4.96. The Labute approximate surface area is 113 Å². The smallest absolute Gasteiger partial charge is 0.288 e. The number of halogens is 2. The molecule has 0 bridgehead atoms. The summed E-state index contributed by atoms with van der Waals surface area (Å²) in [6.07, 6.45) is 0. The molecule has 0 saturated carbocycles. The summed E-state index contributed by atoms with van der Waals surface area (Å²) in [6.45, 7) is 1.79. The lowest BCUT2D eigenvalue weighted by Crippen LogP contribution is -2.26. The van der Waals surface area contributed by atoms with Crippen LogP contribution in [-0.2, 0) is 9.59 Å². The van der Waals surface area contributed by atoms with E-state index >= 15 is 0 Å². The van der Waals surface area contributed by atoms with Crippen LogP contribution in [-0.4, -0.2) is 17.8 Å². The predicted octanol–water partition coefficient (Wildman–Crippen LogP) is 1.66. The molecule has 1 atom stereocenters. The van der Waals surface area contributed by atoms with Crippen molar-refractivity contribution in [1.82, 2.24) is 10.6 Å². The number of guanidine groups is 1. The van der Waals surface area contributed by atoms with Crippen LogP contribution in [0.25, 0.3) is 0 Å². The van der Waals surface area contributed by atoms with Crippen molar-refractivity contribution in [2.75, 3.05) is 0 Å². The van der Waals surface area contributed by atoms with E-state index < -0.39 is 11.8 Å². The molecule has 5 nitrogen and oxygen atoms in total. The van der Waals surface area contributed by atoms with Crippen molar-refractivity contribution < 1.29 is 9.59 Å². The molecule has 1 fully saturated rings. The normalized spacial score (nSPS) is 16.3. The average molecular weight is 286 g/mol. The molecule has 1 aliphatic rings. The highest BCUT2D eigenvalue weighted by Gasteiger charge is 2.25. The SMILES string of the molecule is CC(N=C1NC(=O)C(=O)N1)c1ccc(Cl)cc1Cl. The van der Waals surface area contributed by atoms with Crippen molar-refractivity contribution in [2.45, 2.75) is 13.0 Å². The van der Waals surface area contributed by atoms with Crippen LogP contribution in [0.4, 0.5) is 0 Å². The van der Waals surface area contributed by atoms with Crippen molar-refractivity contribution >= 4 is 41.0 Å². The van der Waals surface area contributed by atoms with Gasteiger partial charge >= 0.3 is 11.8 Å². The molecule has 0 spiro atoms. The summed E-state index contributed by atoms with van der Waals surface area (Å²) in [4.78, 5) is 26.1. The van der Waals surface area contributed by atoms with Gasteiger partial charge in [-0.3, -0.25) is 20.2 Å². The predicted molar refractivity (Wildman–Crippen MR) is 68.6 cm³/mol. The molecule has 7 heteroatoms. The molecule has 2 rings (SSSR count). The van der Waals surface area contributed by atoms with Crippen LogP contribution >= 0.6 is 23.2 Å². The molecule has 94 valence electrons. The summed E-state index contributed by atoms with van der Waals surface area (Å²) in [5.41, 5.74) is 0.754. The number of carbonyl (C=O) groups is 2. The number of hydrogen-bond acceptors (Lipinski definition) is 3. The number of rotatable bonds is 2. The number of nitrogens with zero attached hydrogens (tertiary/aromatic N) is 1. The minimum absolute atomic E-state index is 0.128. The van der Waals surface area contributed by atoms with Crippen molar-refractivity contribution in [2.24, 2.45) is 4.99 Å². The van der Waals surface area contributed by atoms with Gasteiger partial charge in [0.1, 0.15) is 0 Å². The molecule has 1 aromatic carbocycles. The van der Waals surface area contributed by atoms with Crippen LogP contribution in [0.5, 0.6) is 0 Å². The third kappa shape index (κ3) is 2.63. The second-order valence-corrected chi connectivity index (χ2v) is 4.57. The lowest BCUT2D eigenvalue weighted by Gasteiger charge is -2.10. The van der Waals surface area contributed by atoms with Gasteiger partial charge in [-0.05, 0) is 24.6 Å². The van der Waals surface area contributed by atoms with Crippen LogP contribution in [0.15, 0.2) is 23.2 Å². The summed E-state index contributed by atoms with van der Waals surface area (Å²) >= 11 is 11.8. The summed E-state index contributed by atoms with van der Waals surface area (Å²) in [5.74, 6) is -1.31. The van der Waals surface area contributed by atoms with Crippen LogP contribution in [0.3, 0.4) is 0 Å². The van der Waals surface area contributed by atoms with E-state index in [0.29, 0.717) is 10.0 Å². The van der Waals surface area contributed by atoms with Gasteiger partial charge in [-0.2, -0.15) is 0 Å². The zero-order valence-corrected chi connectivity index (χ0v) is 10.8. The third-order valence-electron chi connectivity index (χ3n) is 2.41. The molecule has 1 aromatic rings. The van der Waals surface area contributed by atoms with Gasteiger partial charge in [0.2, 0.25) is 5.96 Å². The molecule has 1 saturated heterocycles. The standard InChI is InChI=1S/C11H9Cl2N3O2/c1-5(7-3-2-6(12)4-8(7)13)14-11-15-9(17)10(18)16-11/h2-5H,1H3,(H2,14,15,16,17,18). The Kier molecular flexibility index (Phi) is 3.54. The molecule has 0 aliphatic carbocycles. The maximum absolute atomic E-state index is 11.0. The van der Waals surface area contributed by atoms with E-state index in [4.69, 9.17) is 23.2 Å². The number of aliphatic imine (C=N–C) groups is 1. The highest BCUT2D eigenvalue weighted by Crippen LogP contribution is 2.28. The molecule has 1 heterocycles. The molecule has 2 amide bonds. The fourth-order valence-corrected chi connectivity index (χ4v) is 2.09. The summed E-state index contributed by atoms with van der Waals surface area (Å²) in [7, 11) is 0. The second-order valence-electron chi connectivity index (χ2n) is 3.73. The van der Waals surface area contributed by atoms with Gasteiger partial charge in [-0.1, -0.05) is 29.3 Å². The first-order chi connectivity index (χ1) is 8.47. The Bertz CT molecular complexity index is 539. The van der Waals surface area contributed by atoms with Crippen LogP contribution in [0.1, 0.15) is 18.5 Å². The quantitative estimate of drug-likeness (QED) is 0.812. The Hall–Kier alpha value is -1.59. The fourth-order valence-electron chi connectivity index (χ4n) is 1.53. The minimum atomic E-state index is -0.719. The lowest BCUT2D eigenvalue weighted by molar-refractivity contribution is -0.135. The average Bonchev–Trinajstić information content (AvgIpc) is 2.57. The minimum Gasteiger partial charge on any atom is -0.288 e. The monoisotopic (exact) mass is 285 g/mol. The highest BCUT2D eigenvalue weighted by atomic mass is 35.5. The molecule has 2 N–H and O–H groups in total. The third-order valence-corrected chi connectivity index (χ3v) is 2.97. The lowest BCUT2D eigenvalue weighted by atomic mass is 10.1. The number of carbonyl (C=O) groups excluding carboxylic acids is 2. The van der Waals surface area contributed by atoms with Crippen LogP contribution in [0.2, 0.25) is 10.0 Å². The van der Waals surface area contributed by atoms with E-state index in [2.05, 4.69) is 15.6 Å². The number of nitrogens with one attached hydrogen (secondary N) is 2. The zero-order valence-electron chi connectivity index (χ0n) is 9.33. The molecule has 18 heavy (non-hydrogen) atoms. The zero-order chi connectivity index (χ0) is 13.3. The molecule has 0 radical (unpaired) electrons. The van der Waals surface area contributed by atoms with E-state index in [0.717, 1.165) is 5.56 Å². The first-order valence-corrected chi connectivity index (χ1v) is 5.88. The highest BCUT2D eigenvalue weighted by molar-refractivity contribution is 6.45. The first kappa shape index (κ1) is 12.9. The van der Waals surface area contributed by atoms with E-state index in [-0.39, 0.29) is 12.0 Å². The van der Waals surface area contributed by atoms with Crippen molar-refractivity contribution in [3.05, 3.63) is 33.8 Å². The van der Waals surface area contributed by atoms with Gasteiger partial charge < -0.3 is 0 Å². The largest absolute Gasteiger partial charge is 0.316 e. The molecule has 1 aliphatic heterocycles. The molecular weight excluding hydrogens is 277 g/mol. The fraction of sp³-hybridized carbons (Fsp3) is 0.182. The van der Waals surface area contributed by atoms with Gasteiger partial charge in [-0.15, -0.1) is 0 Å². The summed E-state index contributed by atoms with van der Waals surface area (Å²) < 4.78 is 0. The summed E-state index contributed by atoms with van der Waals surface area (Å²) in [6, 6.07) is 4.74.